The van der Waals surface area contributed by atoms with Crippen molar-refractivity contribution >= 4 is 17.7 Å². The number of rotatable bonds is 8. The SMILES string of the molecule is CCNC(=NCc1cccc(NC(=O)N2CCCC2)c1)NCCn1cnnc1CC. The molecule has 1 aliphatic heterocycles. The number of aryl methyl sites for hydroxylation is 1. The van der Waals surface area contributed by atoms with Gasteiger partial charge in [0.05, 0.1) is 6.54 Å². The molecule has 162 valence electrons. The van der Waals surface area contributed by atoms with Crippen LogP contribution in [-0.2, 0) is 19.5 Å². The van der Waals surface area contributed by atoms with Crippen molar-refractivity contribution in [1.82, 2.24) is 30.3 Å². The molecule has 1 aromatic heterocycles. The largest absolute Gasteiger partial charge is 0.357 e. The van der Waals surface area contributed by atoms with E-state index < -0.39 is 0 Å². The number of hydrogen-bond acceptors (Lipinski definition) is 4. The molecule has 2 aromatic rings. The Morgan fingerprint density at radius 1 is 1.20 bits per heavy atom. The van der Waals surface area contributed by atoms with Crippen LogP contribution < -0.4 is 16.0 Å². The third kappa shape index (κ3) is 6.20. The number of nitrogens with one attached hydrogen (secondary N) is 3. The summed E-state index contributed by atoms with van der Waals surface area (Å²) >= 11 is 0. The molecule has 3 N–H and O–H groups in total. The lowest BCUT2D eigenvalue weighted by atomic mass is 10.2. The lowest BCUT2D eigenvalue weighted by Gasteiger charge is -2.16. The van der Waals surface area contributed by atoms with Crippen LogP contribution in [0.3, 0.4) is 0 Å². The summed E-state index contributed by atoms with van der Waals surface area (Å²) in [4.78, 5) is 18.8. The van der Waals surface area contributed by atoms with Gasteiger partial charge in [-0.2, -0.15) is 0 Å². The minimum Gasteiger partial charge on any atom is -0.357 e. The summed E-state index contributed by atoms with van der Waals surface area (Å²) in [6, 6.07) is 7.83. The minimum atomic E-state index is -0.0244. The second-order valence-corrected chi connectivity index (χ2v) is 7.24. The van der Waals surface area contributed by atoms with Crippen LogP contribution in [-0.4, -0.2) is 57.8 Å². The molecule has 1 aromatic carbocycles. The van der Waals surface area contributed by atoms with Crippen LogP contribution in [0.25, 0.3) is 0 Å². The molecule has 3 rings (SSSR count). The van der Waals surface area contributed by atoms with E-state index in [2.05, 4.69) is 38.1 Å². The summed E-state index contributed by atoms with van der Waals surface area (Å²) in [5.41, 5.74) is 1.84. The number of hydrogen-bond donors (Lipinski definition) is 3. The summed E-state index contributed by atoms with van der Waals surface area (Å²) in [7, 11) is 0. The van der Waals surface area contributed by atoms with Gasteiger partial charge >= 0.3 is 6.03 Å². The van der Waals surface area contributed by atoms with E-state index in [-0.39, 0.29) is 6.03 Å². The van der Waals surface area contributed by atoms with Crippen molar-refractivity contribution < 1.29 is 4.79 Å². The molecule has 0 radical (unpaired) electrons. The number of carbonyl (C=O) groups excluding carboxylic acids is 1. The number of aliphatic imine (C=N–C) groups is 1. The lowest BCUT2D eigenvalue weighted by Crippen LogP contribution is -2.38. The van der Waals surface area contributed by atoms with E-state index in [9.17, 15) is 4.79 Å². The monoisotopic (exact) mass is 412 g/mol. The molecule has 2 heterocycles. The van der Waals surface area contributed by atoms with Crippen molar-refractivity contribution in [3.05, 3.63) is 42.0 Å². The molecule has 0 bridgehead atoms. The molecule has 9 heteroatoms. The molecule has 0 saturated carbocycles. The van der Waals surface area contributed by atoms with Crippen molar-refractivity contribution in [2.75, 3.05) is 31.5 Å². The van der Waals surface area contributed by atoms with Gasteiger partial charge in [0.2, 0.25) is 0 Å². The van der Waals surface area contributed by atoms with Crippen molar-refractivity contribution in [3.8, 4) is 0 Å². The highest BCUT2D eigenvalue weighted by Gasteiger charge is 2.17. The van der Waals surface area contributed by atoms with Crippen LogP contribution in [0.15, 0.2) is 35.6 Å². The highest BCUT2D eigenvalue weighted by atomic mass is 16.2. The number of nitrogens with zero attached hydrogens (tertiary/aromatic N) is 5. The Kier molecular flexibility index (Phi) is 8.05. The summed E-state index contributed by atoms with van der Waals surface area (Å²) in [5.74, 6) is 1.74. The van der Waals surface area contributed by atoms with Gasteiger partial charge < -0.3 is 25.4 Å². The lowest BCUT2D eigenvalue weighted by molar-refractivity contribution is 0.222. The fraction of sp³-hybridized carbons (Fsp3) is 0.524. The van der Waals surface area contributed by atoms with E-state index in [0.717, 1.165) is 75.0 Å². The van der Waals surface area contributed by atoms with Crippen LogP contribution >= 0.6 is 0 Å². The fourth-order valence-corrected chi connectivity index (χ4v) is 3.42. The number of aromatic nitrogens is 3. The van der Waals surface area contributed by atoms with Crippen molar-refractivity contribution in [3.63, 3.8) is 0 Å². The molecule has 2 amide bonds. The Bertz CT molecular complexity index is 841. The molecule has 0 unspecified atom stereocenters. The molecule has 9 nitrogen and oxygen atoms in total. The van der Waals surface area contributed by atoms with Gasteiger partial charge in [-0.3, -0.25) is 0 Å². The molecule has 1 fully saturated rings. The third-order valence-corrected chi connectivity index (χ3v) is 4.99. The van der Waals surface area contributed by atoms with Crippen molar-refractivity contribution in [2.45, 2.75) is 46.2 Å². The maximum absolute atomic E-state index is 12.3. The highest BCUT2D eigenvalue weighted by Crippen LogP contribution is 2.14. The number of carbonyl (C=O) groups is 1. The maximum atomic E-state index is 12.3. The van der Waals surface area contributed by atoms with Crippen LogP contribution in [0.1, 0.15) is 38.1 Å². The zero-order valence-corrected chi connectivity index (χ0v) is 17.9. The predicted octanol–water partition coefficient (Wildman–Crippen LogP) is 2.22. The number of anilines is 1. The van der Waals surface area contributed by atoms with Crippen LogP contribution in [0.5, 0.6) is 0 Å². The second-order valence-electron chi connectivity index (χ2n) is 7.24. The number of benzene rings is 1. The van der Waals surface area contributed by atoms with E-state index >= 15 is 0 Å². The Balaban J connectivity index is 1.54. The summed E-state index contributed by atoms with van der Waals surface area (Å²) < 4.78 is 2.04. The molecule has 1 saturated heterocycles. The molecule has 0 spiro atoms. The van der Waals surface area contributed by atoms with Crippen molar-refractivity contribution in [1.29, 1.82) is 0 Å². The standard InChI is InChI=1S/C21H32N8O/c1-3-19-27-25-16-29(19)13-10-23-20(22-4-2)24-15-17-8-7-9-18(14-17)26-21(30)28-11-5-6-12-28/h7-9,14,16H,3-6,10-13,15H2,1-2H3,(H,26,30)(H2,22,23,24). The maximum Gasteiger partial charge on any atom is 0.321 e. The first-order valence-electron chi connectivity index (χ1n) is 10.7. The van der Waals surface area contributed by atoms with Crippen molar-refractivity contribution in [2.24, 2.45) is 4.99 Å². The van der Waals surface area contributed by atoms with Crippen LogP contribution in [0.4, 0.5) is 10.5 Å². The van der Waals surface area contributed by atoms with E-state index in [1.165, 1.54) is 0 Å². The Morgan fingerprint density at radius 3 is 2.80 bits per heavy atom. The van der Waals surface area contributed by atoms with E-state index in [1.54, 1.807) is 6.33 Å². The third-order valence-electron chi connectivity index (χ3n) is 4.99. The quantitative estimate of drug-likeness (QED) is 0.456. The van der Waals surface area contributed by atoms with Gasteiger partial charge in [-0.25, -0.2) is 9.79 Å². The number of urea groups is 1. The molecule has 1 aliphatic rings. The first-order valence-corrected chi connectivity index (χ1v) is 10.7. The summed E-state index contributed by atoms with van der Waals surface area (Å²) in [6.07, 6.45) is 4.78. The molecule has 30 heavy (non-hydrogen) atoms. The summed E-state index contributed by atoms with van der Waals surface area (Å²) in [5, 5.41) is 17.7. The van der Waals surface area contributed by atoms with Gasteiger partial charge in [0, 0.05) is 44.8 Å². The van der Waals surface area contributed by atoms with E-state index in [1.807, 2.05) is 40.7 Å². The van der Waals surface area contributed by atoms with Gasteiger partial charge in [0.1, 0.15) is 12.2 Å². The Labute approximate surface area is 178 Å². The van der Waals surface area contributed by atoms with Crippen LogP contribution in [0.2, 0.25) is 0 Å². The van der Waals surface area contributed by atoms with Gasteiger partial charge in [-0.1, -0.05) is 19.1 Å². The second kappa shape index (κ2) is 11.2. The van der Waals surface area contributed by atoms with E-state index in [0.29, 0.717) is 6.54 Å². The average Bonchev–Trinajstić information content (AvgIpc) is 3.44. The molecular weight excluding hydrogens is 380 g/mol. The number of guanidine groups is 1. The zero-order chi connectivity index (χ0) is 21.2. The number of amides is 2. The first kappa shape index (κ1) is 21.6. The highest BCUT2D eigenvalue weighted by molar-refractivity contribution is 5.89. The smallest absolute Gasteiger partial charge is 0.321 e. The van der Waals surface area contributed by atoms with Gasteiger partial charge in [0.25, 0.3) is 0 Å². The first-order chi connectivity index (χ1) is 14.7. The molecule has 0 aliphatic carbocycles. The molecule has 0 atom stereocenters. The molecular formula is C21H32N8O. The van der Waals surface area contributed by atoms with Gasteiger partial charge in [-0.05, 0) is 37.5 Å². The van der Waals surface area contributed by atoms with Gasteiger partial charge in [-0.15, -0.1) is 10.2 Å². The Morgan fingerprint density at radius 2 is 2.03 bits per heavy atom. The fourth-order valence-electron chi connectivity index (χ4n) is 3.42. The average molecular weight is 413 g/mol. The normalized spacial score (nSPS) is 14.1. The Hall–Kier alpha value is -3.10. The topological polar surface area (TPSA) is 99.5 Å². The minimum absolute atomic E-state index is 0.0244. The predicted molar refractivity (Wildman–Crippen MR) is 118 cm³/mol. The van der Waals surface area contributed by atoms with Crippen LogP contribution in [0, 0.1) is 0 Å². The van der Waals surface area contributed by atoms with E-state index in [4.69, 9.17) is 0 Å². The zero-order valence-electron chi connectivity index (χ0n) is 17.9. The van der Waals surface area contributed by atoms with Gasteiger partial charge in [0.15, 0.2) is 5.96 Å². The number of likely N-dealkylation sites (tertiary alicyclic amines) is 1. The summed E-state index contributed by atoms with van der Waals surface area (Å²) in [6.45, 7) is 8.59.